The monoisotopic (exact) mass is 227 g/mol. The number of thioether (sulfide) groups is 1. The minimum Gasteiger partial charge on any atom is -0.490 e. The van der Waals surface area contributed by atoms with Gasteiger partial charge in [0.2, 0.25) is 5.78 Å². The van der Waals surface area contributed by atoms with E-state index in [0.717, 1.165) is 30.9 Å². The van der Waals surface area contributed by atoms with Gasteiger partial charge in [-0.3, -0.25) is 9.69 Å². The van der Waals surface area contributed by atoms with E-state index in [1.54, 1.807) is 0 Å². The summed E-state index contributed by atoms with van der Waals surface area (Å²) in [5.41, 5.74) is 0. The van der Waals surface area contributed by atoms with Gasteiger partial charge in [-0.05, 0) is 26.0 Å². The van der Waals surface area contributed by atoms with Crippen LogP contribution in [0.5, 0.6) is 0 Å². The molecule has 0 bridgehead atoms. The molecule has 15 heavy (non-hydrogen) atoms. The van der Waals surface area contributed by atoms with Crippen LogP contribution in [-0.2, 0) is 9.53 Å². The van der Waals surface area contributed by atoms with Crippen LogP contribution in [0.2, 0.25) is 0 Å². The molecule has 0 amide bonds. The van der Waals surface area contributed by atoms with Crippen LogP contribution in [-0.4, -0.2) is 48.4 Å². The second kappa shape index (κ2) is 5.03. The normalized spacial score (nSPS) is 28.1. The zero-order valence-electron chi connectivity index (χ0n) is 9.07. The molecular weight excluding hydrogens is 210 g/mol. The Morgan fingerprint density at radius 3 is 3.20 bits per heavy atom. The number of ether oxygens (including phenoxy) is 1. The molecule has 0 aromatic heterocycles. The van der Waals surface area contributed by atoms with Gasteiger partial charge >= 0.3 is 0 Å². The van der Waals surface area contributed by atoms with Crippen LogP contribution in [0, 0.1) is 0 Å². The molecule has 0 aromatic carbocycles. The number of carbonyl (C=O) groups is 1. The molecule has 2 rings (SSSR count). The predicted octanol–water partition coefficient (Wildman–Crippen LogP) is 1.30. The number of Topliss-reactive ketones (excluding diaryl/α,β-unsaturated/α-hetero) is 1. The highest BCUT2D eigenvalue weighted by Gasteiger charge is 2.29. The molecular formula is C11H17NO2S. The van der Waals surface area contributed by atoms with Crippen molar-refractivity contribution >= 4 is 17.5 Å². The molecule has 1 atom stereocenters. The van der Waals surface area contributed by atoms with Gasteiger partial charge in [0.1, 0.15) is 0 Å². The highest BCUT2D eigenvalue weighted by molar-refractivity contribution is 7.99. The van der Waals surface area contributed by atoms with Crippen molar-refractivity contribution in [3.05, 3.63) is 11.8 Å². The second-order valence-electron chi connectivity index (χ2n) is 3.99. The number of carbonyl (C=O) groups excluding carboxylic acids is 1. The van der Waals surface area contributed by atoms with Gasteiger partial charge in [-0.15, -0.1) is 0 Å². The molecule has 0 saturated carbocycles. The molecule has 0 spiro atoms. The average Bonchev–Trinajstić information content (AvgIpc) is 2.30. The van der Waals surface area contributed by atoms with Crippen molar-refractivity contribution < 1.29 is 9.53 Å². The van der Waals surface area contributed by atoms with E-state index in [1.165, 1.54) is 0 Å². The summed E-state index contributed by atoms with van der Waals surface area (Å²) in [6, 6.07) is 0.0214. The second-order valence-corrected chi connectivity index (χ2v) is 5.14. The summed E-state index contributed by atoms with van der Waals surface area (Å²) < 4.78 is 5.42. The van der Waals surface area contributed by atoms with E-state index in [4.69, 9.17) is 4.74 Å². The van der Waals surface area contributed by atoms with Gasteiger partial charge < -0.3 is 4.74 Å². The van der Waals surface area contributed by atoms with E-state index in [2.05, 4.69) is 4.90 Å². The minimum atomic E-state index is 0.0214. The first kappa shape index (κ1) is 11.0. The third-order valence-electron chi connectivity index (χ3n) is 2.88. The fourth-order valence-corrected chi connectivity index (χ4v) is 3.07. The number of likely N-dealkylation sites (N-methyl/N-ethyl adjacent to an activating group) is 1. The summed E-state index contributed by atoms with van der Waals surface area (Å²) in [6.45, 7) is 1.69. The molecule has 1 unspecified atom stereocenters. The zero-order chi connectivity index (χ0) is 10.7. The first-order valence-electron chi connectivity index (χ1n) is 5.44. The maximum absolute atomic E-state index is 12.1. The minimum absolute atomic E-state index is 0.0214. The summed E-state index contributed by atoms with van der Waals surface area (Å²) >= 11 is 1.85. The standard InChI is InChI=1S/C11H17NO2S/c1-12-5-7-15-8-9(12)11(13)10-4-2-3-6-14-10/h4,9H,2-3,5-8H2,1H3. The van der Waals surface area contributed by atoms with E-state index < -0.39 is 0 Å². The summed E-state index contributed by atoms with van der Waals surface area (Å²) in [5, 5.41) is 0. The van der Waals surface area contributed by atoms with Crippen molar-refractivity contribution in [1.82, 2.24) is 4.90 Å². The lowest BCUT2D eigenvalue weighted by atomic mass is 10.1. The highest BCUT2D eigenvalue weighted by Crippen LogP contribution is 2.20. The van der Waals surface area contributed by atoms with Crippen molar-refractivity contribution in [1.29, 1.82) is 0 Å². The Hall–Kier alpha value is -0.480. The maximum atomic E-state index is 12.1. The van der Waals surface area contributed by atoms with Gasteiger partial charge in [-0.25, -0.2) is 0 Å². The van der Waals surface area contributed by atoms with Crippen LogP contribution in [0.3, 0.4) is 0 Å². The van der Waals surface area contributed by atoms with E-state index in [9.17, 15) is 4.79 Å². The number of rotatable bonds is 2. The first-order chi connectivity index (χ1) is 7.29. The lowest BCUT2D eigenvalue weighted by molar-refractivity contribution is -0.123. The topological polar surface area (TPSA) is 29.5 Å². The van der Waals surface area contributed by atoms with Crippen molar-refractivity contribution in [2.75, 3.05) is 31.7 Å². The van der Waals surface area contributed by atoms with Gasteiger partial charge in [0.25, 0.3) is 0 Å². The molecule has 1 fully saturated rings. The molecule has 0 radical (unpaired) electrons. The third-order valence-corrected chi connectivity index (χ3v) is 3.90. The lowest BCUT2D eigenvalue weighted by Gasteiger charge is -2.31. The van der Waals surface area contributed by atoms with Gasteiger partial charge in [-0.2, -0.15) is 11.8 Å². The Bertz CT molecular complexity index is 278. The Labute approximate surface area is 94.8 Å². The Morgan fingerprint density at radius 1 is 1.67 bits per heavy atom. The van der Waals surface area contributed by atoms with Crippen molar-refractivity contribution in [2.24, 2.45) is 0 Å². The summed E-state index contributed by atoms with van der Waals surface area (Å²) in [5.74, 6) is 2.79. The van der Waals surface area contributed by atoms with Gasteiger partial charge in [0.05, 0.1) is 12.6 Å². The Kier molecular flexibility index (Phi) is 3.70. The third kappa shape index (κ3) is 2.55. The largest absolute Gasteiger partial charge is 0.490 e. The van der Waals surface area contributed by atoms with Crippen molar-refractivity contribution in [3.63, 3.8) is 0 Å². The molecule has 2 heterocycles. The molecule has 1 saturated heterocycles. The van der Waals surface area contributed by atoms with Crippen molar-refractivity contribution in [2.45, 2.75) is 18.9 Å². The number of nitrogens with zero attached hydrogens (tertiary/aromatic N) is 1. The summed E-state index contributed by atoms with van der Waals surface area (Å²) in [7, 11) is 2.02. The fraction of sp³-hybridized carbons (Fsp3) is 0.727. The van der Waals surface area contributed by atoms with E-state index in [-0.39, 0.29) is 11.8 Å². The molecule has 3 nitrogen and oxygen atoms in total. The van der Waals surface area contributed by atoms with Crippen molar-refractivity contribution in [3.8, 4) is 0 Å². The molecule has 2 aliphatic heterocycles. The van der Waals surface area contributed by atoms with Crippen LogP contribution < -0.4 is 0 Å². The van der Waals surface area contributed by atoms with E-state index >= 15 is 0 Å². The molecule has 0 N–H and O–H groups in total. The van der Waals surface area contributed by atoms with Crippen LogP contribution in [0.1, 0.15) is 12.8 Å². The fourth-order valence-electron chi connectivity index (χ4n) is 1.86. The lowest BCUT2D eigenvalue weighted by Crippen LogP contribution is -2.45. The van der Waals surface area contributed by atoms with Gasteiger partial charge in [0, 0.05) is 18.1 Å². The SMILES string of the molecule is CN1CCSCC1C(=O)C1=CCCCO1. The quantitative estimate of drug-likeness (QED) is 0.711. The predicted molar refractivity (Wildman–Crippen MR) is 62.0 cm³/mol. The van der Waals surface area contributed by atoms with Gasteiger partial charge in [0.15, 0.2) is 5.76 Å². The molecule has 4 heteroatoms. The summed E-state index contributed by atoms with van der Waals surface area (Å²) in [6.07, 6.45) is 3.95. The van der Waals surface area contributed by atoms with E-state index in [1.807, 2.05) is 24.9 Å². The molecule has 84 valence electrons. The van der Waals surface area contributed by atoms with Crippen LogP contribution in [0.15, 0.2) is 11.8 Å². The number of hydrogen-bond donors (Lipinski definition) is 0. The number of ketones is 1. The molecule has 0 aliphatic carbocycles. The average molecular weight is 227 g/mol. The molecule has 0 aromatic rings. The zero-order valence-corrected chi connectivity index (χ0v) is 9.89. The van der Waals surface area contributed by atoms with E-state index in [0.29, 0.717) is 12.4 Å². The van der Waals surface area contributed by atoms with Gasteiger partial charge in [-0.1, -0.05) is 0 Å². The van der Waals surface area contributed by atoms with Crippen LogP contribution >= 0.6 is 11.8 Å². The van der Waals surface area contributed by atoms with Crippen LogP contribution in [0.4, 0.5) is 0 Å². The number of hydrogen-bond acceptors (Lipinski definition) is 4. The Balaban J connectivity index is 2.02. The highest BCUT2D eigenvalue weighted by atomic mass is 32.2. The summed E-state index contributed by atoms with van der Waals surface area (Å²) in [4.78, 5) is 14.3. The Morgan fingerprint density at radius 2 is 2.53 bits per heavy atom. The van der Waals surface area contributed by atoms with Crippen LogP contribution in [0.25, 0.3) is 0 Å². The first-order valence-corrected chi connectivity index (χ1v) is 6.59. The maximum Gasteiger partial charge on any atom is 0.214 e. The smallest absolute Gasteiger partial charge is 0.214 e. The number of allylic oxidation sites excluding steroid dienone is 1. The molecule has 2 aliphatic rings.